The third-order valence-electron chi connectivity index (χ3n) is 3.76. The molecule has 2 aromatic carbocycles. The molecule has 0 fully saturated rings. The fourth-order valence-electron chi connectivity index (χ4n) is 2.48. The number of anilines is 1. The van der Waals surface area contributed by atoms with Crippen LogP contribution in [0.25, 0.3) is 6.08 Å². The molecule has 2 rings (SSSR count). The Morgan fingerprint density at radius 3 is 2.50 bits per heavy atom. The summed E-state index contributed by atoms with van der Waals surface area (Å²) in [4.78, 5) is 12.5. The summed E-state index contributed by atoms with van der Waals surface area (Å²) in [6, 6.07) is 10.8. The largest absolute Gasteiger partial charge is 0.493 e. The Morgan fingerprint density at radius 1 is 1.19 bits per heavy atom. The molecule has 0 heterocycles. The van der Waals surface area contributed by atoms with Gasteiger partial charge in [-0.15, -0.1) is 0 Å². The third kappa shape index (κ3) is 4.35. The van der Waals surface area contributed by atoms with E-state index in [0.717, 1.165) is 11.1 Å². The number of aryl methyl sites for hydroxylation is 2. The average molecular weight is 371 g/mol. The summed E-state index contributed by atoms with van der Waals surface area (Å²) in [5.74, 6) is 0.313. The second-order valence-electron chi connectivity index (χ2n) is 5.68. The second-order valence-corrected chi connectivity index (χ2v) is 6.09. The van der Waals surface area contributed by atoms with Crippen LogP contribution in [0.5, 0.6) is 11.5 Å². The molecule has 0 aliphatic heterocycles. The zero-order valence-corrected chi connectivity index (χ0v) is 15.8. The number of hydrogen-bond donors (Lipinski definition) is 1. The molecule has 0 radical (unpaired) electrons. The number of rotatable bonds is 5. The maximum atomic E-state index is 12.5. The molecule has 6 heteroatoms. The second kappa shape index (κ2) is 8.41. The first-order valence-corrected chi connectivity index (χ1v) is 8.19. The third-order valence-corrected chi connectivity index (χ3v) is 4.04. The summed E-state index contributed by atoms with van der Waals surface area (Å²) >= 11 is 6.17. The highest BCUT2D eigenvalue weighted by molar-refractivity contribution is 6.32. The van der Waals surface area contributed by atoms with Crippen LogP contribution in [-0.4, -0.2) is 20.1 Å². The first-order chi connectivity index (χ1) is 12.4. The number of nitrogens with one attached hydrogen (secondary N) is 1. The zero-order valence-electron chi connectivity index (χ0n) is 15.0. The molecule has 0 saturated heterocycles. The van der Waals surface area contributed by atoms with Crippen LogP contribution in [0.2, 0.25) is 5.02 Å². The predicted octanol–water partition coefficient (Wildman–Crippen LogP) is 4.52. The molecule has 0 saturated carbocycles. The van der Waals surface area contributed by atoms with Gasteiger partial charge in [-0.05, 0) is 49.2 Å². The summed E-state index contributed by atoms with van der Waals surface area (Å²) in [5, 5.41) is 12.5. The van der Waals surface area contributed by atoms with E-state index in [0.29, 0.717) is 27.8 Å². The Hall–Kier alpha value is -2.97. The first-order valence-electron chi connectivity index (χ1n) is 7.81. The molecule has 0 aromatic heterocycles. The van der Waals surface area contributed by atoms with E-state index < -0.39 is 5.91 Å². The van der Waals surface area contributed by atoms with Crippen molar-refractivity contribution in [2.24, 2.45) is 0 Å². The highest BCUT2D eigenvalue weighted by Gasteiger charge is 2.14. The van der Waals surface area contributed by atoms with E-state index in [4.69, 9.17) is 21.1 Å². The number of nitrogens with zero attached hydrogens (tertiary/aromatic N) is 1. The van der Waals surface area contributed by atoms with Gasteiger partial charge < -0.3 is 14.8 Å². The number of amides is 1. The topological polar surface area (TPSA) is 71.3 Å². The van der Waals surface area contributed by atoms with Crippen molar-refractivity contribution >= 4 is 29.3 Å². The number of ether oxygens (including phenoxy) is 2. The first kappa shape index (κ1) is 19.4. The number of carbonyl (C=O) groups is 1. The minimum absolute atomic E-state index is 0.0479. The Labute approximate surface area is 157 Å². The van der Waals surface area contributed by atoms with Gasteiger partial charge in [-0.25, -0.2) is 0 Å². The molecule has 134 valence electrons. The Bertz CT molecular complexity index is 914. The van der Waals surface area contributed by atoms with Gasteiger partial charge in [-0.2, -0.15) is 5.26 Å². The van der Waals surface area contributed by atoms with Gasteiger partial charge in [0.25, 0.3) is 5.91 Å². The molecule has 1 N–H and O–H groups in total. The number of benzene rings is 2. The van der Waals surface area contributed by atoms with Crippen molar-refractivity contribution in [1.29, 1.82) is 5.26 Å². The maximum absolute atomic E-state index is 12.5. The minimum Gasteiger partial charge on any atom is -0.493 e. The summed E-state index contributed by atoms with van der Waals surface area (Å²) in [5.41, 5.74) is 3.18. The molecule has 0 unspecified atom stereocenters. The van der Waals surface area contributed by atoms with Gasteiger partial charge in [0.1, 0.15) is 11.6 Å². The van der Waals surface area contributed by atoms with Gasteiger partial charge in [-0.3, -0.25) is 4.79 Å². The van der Waals surface area contributed by atoms with Crippen LogP contribution in [0, 0.1) is 25.2 Å². The van der Waals surface area contributed by atoms with Crippen molar-refractivity contribution in [2.45, 2.75) is 13.8 Å². The van der Waals surface area contributed by atoms with Crippen molar-refractivity contribution in [2.75, 3.05) is 19.5 Å². The van der Waals surface area contributed by atoms with Crippen LogP contribution in [0.4, 0.5) is 5.69 Å². The van der Waals surface area contributed by atoms with Crippen LogP contribution >= 0.6 is 11.6 Å². The number of nitriles is 1. The van der Waals surface area contributed by atoms with Crippen LogP contribution in [0.15, 0.2) is 35.9 Å². The van der Waals surface area contributed by atoms with E-state index in [1.807, 2.05) is 38.1 Å². The highest BCUT2D eigenvalue weighted by atomic mass is 35.5. The van der Waals surface area contributed by atoms with Gasteiger partial charge in [0.2, 0.25) is 0 Å². The van der Waals surface area contributed by atoms with Crippen molar-refractivity contribution in [1.82, 2.24) is 0 Å². The maximum Gasteiger partial charge on any atom is 0.266 e. The molecular formula is C20H19ClN2O3. The summed E-state index contributed by atoms with van der Waals surface area (Å²) in [6.07, 6.45) is 1.45. The monoisotopic (exact) mass is 370 g/mol. The highest BCUT2D eigenvalue weighted by Crippen LogP contribution is 2.36. The van der Waals surface area contributed by atoms with Crippen LogP contribution in [0.1, 0.15) is 16.7 Å². The minimum atomic E-state index is -0.495. The lowest BCUT2D eigenvalue weighted by Gasteiger charge is -2.11. The molecule has 0 aliphatic carbocycles. The van der Waals surface area contributed by atoms with E-state index in [1.54, 1.807) is 12.1 Å². The molecule has 2 aromatic rings. The lowest BCUT2D eigenvalue weighted by molar-refractivity contribution is -0.112. The van der Waals surface area contributed by atoms with Gasteiger partial charge in [-0.1, -0.05) is 29.3 Å². The number of carbonyl (C=O) groups excluding carboxylic acids is 1. The standard InChI is InChI=1S/C20H19ClN2O3/c1-12-5-6-17(13(2)7-12)23-20(24)15(11-22)8-14-9-16(21)19(26-4)18(10-14)25-3/h5-10H,1-4H3,(H,23,24)/b15-8+. The van der Waals surface area contributed by atoms with E-state index in [1.165, 1.54) is 20.3 Å². The fraction of sp³-hybridized carbons (Fsp3) is 0.200. The molecular weight excluding hydrogens is 352 g/mol. The van der Waals surface area contributed by atoms with E-state index in [-0.39, 0.29) is 5.57 Å². The number of methoxy groups -OCH3 is 2. The van der Waals surface area contributed by atoms with Gasteiger partial charge in [0.05, 0.1) is 19.2 Å². The van der Waals surface area contributed by atoms with Crippen LogP contribution in [-0.2, 0) is 4.79 Å². The fourth-order valence-corrected chi connectivity index (χ4v) is 2.78. The van der Waals surface area contributed by atoms with E-state index in [2.05, 4.69) is 5.32 Å². The van der Waals surface area contributed by atoms with Crippen molar-refractivity contribution < 1.29 is 14.3 Å². The lowest BCUT2D eigenvalue weighted by atomic mass is 10.1. The van der Waals surface area contributed by atoms with Gasteiger partial charge in [0, 0.05) is 5.69 Å². The lowest BCUT2D eigenvalue weighted by Crippen LogP contribution is -2.14. The molecule has 26 heavy (non-hydrogen) atoms. The van der Waals surface area contributed by atoms with E-state index in [9.17, 15) is 10.1 Å². The molecule has 0 bridgehead atoms. The SMILES string of the molecule is COc1cc(/C=C(\C#N)C(=O)Nc2ccc(C)cc2C)cc(Cl)c1OC. The summed E-state index contributed by atoms with van der Waals surface area (Å²) in [6.45, 7) is 3.87. The van der Waals surface area contributed by atoms with Gasteiger partial charge >= 0.3 is 0 Å². The van der Waals surface area contributed by atoms with E-state index >= 15 is 0 Å². The normalized spacial score (nSPS) is 10.8. The van der Waals surface area contributed by atoms with Crippen LogP contribution in [0.3, 0.4) is 0 Å². The molecule has 5 nitrogen and oxygen atoms in total. The smallest absolute Gasteiger partial charge is 0.266 e. The Kier molecular flexibility index (Phi) is 6.26. The summed E-state index contributed by atoms with van der Waals surface area (Å²) < 4.78 is 10.4. The van der Waals surface area contributed by atoms with Gasteiger partial charge in [0.15, 0.2) is 11.5 Å². The average Bonchev–Trinajstić information content (AvgIpc) is 2.61. The zero-order chi connectivity index (χ0) is 19.3. The van der Waals surface area contributed by atoms with Crippen molar-refractivity contribution in [3.8, 4) is 17.6 Å². The number of halogens is 1. The van der Waals surface area contributed by atoms with Crippen LogP contribution < -0.4 is 14.8 Å². The molecule has 1 amide bonds. The Balaban J connectivity index is 2.34. The molecule has 0 atom stereocenters. The summed E-state index contributed by atoms with van der Waals surface area (Å²) in [7, 11) is 2.97. The number of hydrogen-bond acceptors (Lipinski definition) is 4. The quantitative estimate of drug-likeness (QED) is 0.620. The molecule has 0 aliphatic rings. The van der Waals surface area contributed by atoms with Crippen molar-refractivity contribution in [3.63, 3.8) is 0 Å². The Morgan fingerprint density at radius 2 is 1.92 bits per heavy atom. The molecule has 0 spiro atoms. The van der Waals surface area contributed by atoms with Crippen molar-refractivity contribution in [3.05, 3.63) is 57.6 Å². The predicted molar refractivity (Wildman–Crippen MR) is 103 cm³/mol.